The van der Waals surface area contributed by atoms with E-state index in [2.05, 4.69) is 12.2 Å². The minimum Gasteiger partial charge on any atom is -0.369 e. The SMILES string of the molecule is CC1CNCC2(CC3CCC2C3)O1. The second-order valence-corrected chi connectivity index (χ2v) is 5.20. The molecule has 74 valence electrons. The number of hydrogen-bond donors (Lipinski definition) is 1. The molecule has 0 radical (unpaired) electrons. The van der Waals surface area contributed by atoms with Crippen LogP contribution in [-0.2, 0) is 4.74 Å². The number of nitrogens with one attached hydrogen (secondary N) is 1. The molecule has 0 aromatic carbocycles. The van der Waals surface area contributed by atoms with E-state index in [9.17, 15) is 0 Å². The van der Waals surface area contributed by atoms with Gasteiger partial charge in [0.1, 0.15) is 0 Å². The van der Waals surface area contributed by atoms with Crippen molar-refractivity contribution in [2.24, 2.45) is 11.8 Å². The van der Waals surface area contributed by atoms with E-state index in [4.69, 9.17) is 4.74 Å². The molecular weight excluding hydrogens is 162 g/mol. The molecule has 4 unspecified atom stereocenters. The molecule has 2 bridgehead atoms. The molecule has 1 N–H and O–H groups in total. The van der Waals surface area contributed by atoms with Crippen LogP contribution in [0.15, 0.2) is 0 Å². The average molecular weight is 181 g/mol. The lowest BCUT2D eigenvalue weighted by atomic mass is 9.83. The molecule has 1 spiro atoms. The van der Waals surface area contributed by atoms with Gasteiger partial charge >= 0.3 is 0 Å². The molecular formula is C11H19NO. The van der Waals surface area contributed by atoms with Crippen molar-refractivity contribution in [2.75, 3.05) is 13.1 Å². The Hall–Kier alpha value is -0.0800. The molecule has 2 nitrogen and oxygen atoms in total. The lowest BCUT2D eigenvalue weighted by molar-refractivity contribution is -0.137. The molecule has 3 fully saturated rings. The maximum Gasteiger partial charge on any atom is 0.0841 e. The van der Waals surface area contributed by atoms with Crippen molar-refractivity contribution in [3.63, 3.8) is 0 Å². The first kappa shape index (κ1) is 8.25. The Kier molecular flexibility index (Phi) is 1.72. The molecule has 0 aromatic rings. The van der Waals surface area contributed by atoms with E-state index in [0.717, 1.165) is 24.9 Å². The summed E-state index contributed by atoms with van der Waals surface area (Å²) in [6.07, 6.45) is 6.07. The van der Waals surface area contributed by atoms with Gasteiger partial charge in [-0.1, -0.05) is 0 Å². The van der Waals surface area contributed by atoms with Gasteiger partial charge in [-0.25, -0.2) is 0 Å². The molecule has 1 aliphatic heterocycles. The van der Waals surface area contributed by atoms with Crippen molar-refractivity contribution in [3.05, 3.63) is 0 Å². The van der Waals surface area contributed by atoms with Crippen LogP contribution in [0.3, 0.4) is 0 Å². The van der Waals surface area contributed by atoms with Crippen LogP contribution >= 0.6 is 0 Å². The summed E-state index contributed by atoms with van der Waals surface area (Å²) in [4.78, 5) is 0. The first-order valence-corrected chi connectivity index (χ1v) is 5.67. The van der Waals surface area contributed by atoms with E-state index in [0.29, 0.717) is 6.10 Å². The maximum absolute atomic E-state index is 6.21. The summed E-state index contributed by atoms with van der Waals surface area (Å²) >= 11 is 0. The summed E-state index contributed by atoms with van der Waals surface area (Å²) in [6, 6.07) is 0. The van der Waals surface area contributed by atoms with E-state index in [1.165, 1.54) is 25.7 Å². The predicted molar refractivity (Wildman–Crippen MR) is 51.6 cm³/mol. The number of hydrogen-bond acceptors (Lipinski definition) is 2. The summed E-state index contributed by atoms with van der Waals surface area (Å²) in [7, 11) is 0. The molecule has 1 heterocycles. The highest BCUT2D eigenvalue weighted by Crippen LogP contribution is 2.53. The van der Waals surface area contributed by atoms with E-state index in [1.807, 2.05) is 0 Å². The normalized spacial score (nSPS) is 54.7. The number of fused-ring (bicyclic) bond motifs is 3. The highest BCUT2D eigenvalue weighted by atomic mass is 16.5. The van der Waals surface area contributed by atoms with Gasteiger partial charge in [0.25, 0.3) is 0 Å². The van der Waals surface area contributed by atoms with Crippen molar-refractivity contribution in [3.8, 4) is 0 Å². The molecule has 1 saturated heterocycles. The fraction of sp³-hybridized carbons (Fsp3) is 1.00. The third-order valence-electron chi connectivity index (χ3n) is 4.21. The van der Waals surface area contributed by atoms with Crippen LogP contribution in [0.5, 0.6) is 0 Å². The Balaban J connectivity index is 1.81. The van der Waals surface area contributed by atoms with Crippen LogP contribution in [0.2, 0.25) is 0 Å². The zero-order valence-corrected chi connectivity index (χ0v) is 8.38. The van der Waals surface area contributed by atoms with Crippen LogP contribution in [0.1, 0.15) is 32.6 Å². The smallest absolute Gasteiger partial charge is 0.0841 e. The Bertz CT molecular complexity index is 218. The molecule has 2 heteroatoms. The fourth-order valence-corrected chi connectivity index (χ4v) is 3.73. The summed E-state index contributed by atoms with van der Waals surface area (Å²) in [5, 5.41) is 3.53. The highest BCUT2D eigenvalue weighted by Gasteiger charge is 2.53. The zero-order chi connectivity index (χ0) is 8.89. The standard InChI is InChI=1S/C11H19NO/c1-8-6-12-7-11(13-8)5-9-2-3-10(11)4-9/h8-10,12H,2-7H2,1H3. The van der Waals surface area contributed by atoms with Crippen LogP contribution in [0.25, 0.3) is 0 Å². The molecule has 13 heavy (non-hydrogen) atoms. The third-order valence-corrected chi connectivity index (χ3v) is 4.21. The number of rotatable bonds is 0. The summed E-state index contributed by atoms with van der Waals surface area (Å²) in [6.45, 7) is 4.34. The summed E-state index contributed by atoms with van der Waals surface area (Å²) in [5.41, 5.74) is 0.251. The third kappa shape index (κ3) is 1.15. The van der Waals surface area contributed by atoms with Gasteiger partial charge in [0.15, 0.2) is 0 Å². The Morgan fingerprint density at radius 3 is 2.92 bits per heavy atom. The summed E-state index contributed by atoms with van der Waals surface area (Å²) in [5.74, 6) is 1.85. The van der Waals surface area contributed by atoms with E-state index in [1.54, 1.807) is 0 Å². The Morgan fingerprint density at radius 2 is 2.31 bits per heavy atom. The fourth-order valence-electron chi connectivity index (χ4n) is 3.73. The van der Waals surface area contributed by atoms with Crippen LogP contribution in [0, 0.1) is 11.8 Å². The second-order valence-electron chi connectivity index (χ2n) is 5.20. The van der Waals surface area contributed by atoms with Crippen molar-refractivity contribution in [1.82, 2.24) is 5.32 Å². The average Bonchev–Trinajstić information content (AvgIpc) is 2.63. The molecule has 2 saturated carbocycles. The van der Waals surface area contributed by atoms with Gasteiger partial charge in [-0.05, 0) is 44.4 Å². The minimum atomic E-state index is 0.251. The van der Waals surface area contributed by atoms with Gasteiger partial charge < -0.3 is 10.1 Å². The predicted octanol–water partition coefficient (Wildman–Crippen LogP) is 1.55. The largest absolute Gasteiger partial charge is 0.369 e. The first-order valence-electron chi connectivity index (χ1n) is 5.67. The maximum atomic E-state index is 6.21. The number of morpholine rings is 1. The Morgan fingerprint density at radius 1 is 1.38 bits per heavy atom. The van der Waals surface area contributed by atoms with Crippen LogP contribution in [0.4, 0.5) is 0 Å². The van der Waals surface area contributed by atoms with Gasteiger partial charge in [-0.15, -0.1) is 0 Å². The van der Waals surface area contributed by atoms with Crippen molar-refractivity contribution in [1.29, 1.82) is 0 Å². The van der Waals surface area contributed by atoms with Gasteiger partial charge in [0.2, 0.25) is 0 Å². The van der Waals surface area contributed by atoms with Crippen molar-refractivity contribution < 1.29 is 4.74 Å². The number of ether oxygens (including phenoxy) is 1. The molecule has 3 aliphatic rings. The van der Waals surface area contributed by atoms with Crippen molar-refractivity contribution >= 4 is 0 Å². The lowest BCUT2D eigenvalue weighted by Gasteiger charge is -2.43. The Labute approximate surface area is 80.0 Å². The summed E-state index contributed by atoms with van der Waals surface area (Å²) < 4.78 is 6.21. The van der Waals surface area contributed by atoms with Crippen LogP contribution in [-0.4, -0.2) is 24.8 Å². The van der Waals surface area contributed by atoms with Gasteiger partial charge in [-0.3, -0.25) is 0 Å². The highest BCUT2D eigenvalue weighted by molar-refractivity contribution is 5.05. The van der Waals surface area contributed by atoms with E-state index < -0.39 is 0 Å². The van der Waals surface area contributed by atoms with Gasteiger partial charge in [0.05, 0.1) is 11.7 Å². The molecule has 3 rings (SSSR count). The molecule has 0 aromatic heterocycles. The molecule has 2 aliphatic carbocycles. The van der Waals surface area contributed by atoms with Gasteiger partial charge in [0, 0.05) is 13.1 Å². The minimum absolute atomic E-state index is 0.251. The second kappa shape index (κ2) is 2.71. The monoisotopic (exact) mass is 181 g/mol. The quantitative estimate of drug-likeness (QED) is 0.612. The zero-order valence-electron chi connectivity index (χ0n) is 8.38. The van der Waals surface area contributed by atoms with Crippen LogP contribution < -0.4 is 5.32 Å². The molecule has 4 atom stereocenters. The molecule has 0 amide bonds. The topological polar surface area (TPSA) is 21.3 Å². The lowest BCUT2D eigenvalue weighted by Crippen LogP contribution is -2.55. The van der Waals surface area contributed by atoms with Crippen molar-refractivity contribution in [2.45, 2.75) is 44.3 Å². The van der Waals surface area contributed by atoms with Gasteiger partial charge in [-0.2, -0.15) is 0 Å². The van der Waals surface area contributed by atoms with E-state index >= 15 is 0 Å². The van der Waals surface area contributed by atoms with E-state index in [-0.39, 0.29) is 5.60 Å². The first-order chi connectivity index (χ1) is 6.28.